The van der Waals surface area contributed by atoms with Crippen molar-refractivity contribution >= 4 is 17.4 Å². The summed E-state index contributed by atoms with van der Waals surface area (Å²) in [6.45, 7) is 6.30. The molecule has 0 saturated heterocycles. The monoisotopic (exact) mass is 327 g/mol. The molecule has 0 aliphatic carbocycles. The first kappa shape index (κ1) is 17.8. The van der Waals surface area contributed by atoms with E-state index in [1.807, 2.05) is 42.5 Å². The smallest absolute Gasteiger partial charge is 0.263 e. The number of carbonyl (C=O) groups is 1. The van der Waals surface area contributed by atoms with Crippen LogP contribution < -0.4 is 15.0 Å². The number of rotatable bonds is 9. The van der Waals surface area contributed by atoms with Crippen LogP contribution in [0.25, 0.3) is 0 Å². The lowest BCUT2D eigenvalue weighted by Gasteiger charge is -2.23. The molecule has 1 N–H and O–H groups in total. The minimum atomic E-state index is -0.224. The maximum absolute atomic E-state index is 11.9. The van der Waals surface area contributed by atoms with E-state index >= 15 is 0 Å². The average Bonchev–Trinajstić information content (AvgIpc) is 2.61. The Hall–Kier alpha value is -2.56. The summed E-state index contributed by atoms with van der Waals surface area (Å²) >= 11 is 0. The van der Waals surface area contributed by atoms with Gasteiger partial charge in [-0.1, -0.05) is 32.0 Å². The summed E-state index contributed by atoms with van der Waals surface area (Å²) in [7, 11) is 0. The van der Waals surface area contributed by atoms with Crippen LogP contribution in [-0.2, 0) is 4.79 Å². The number of carbonyl (C=O) groups excluding carboxylic acids is 1. The summed E-state index contributed by atoms with van der Waals surface area (Å²) in [5.74, 6) is 0.983. The van der Waals surface area contributed by atoms with Gasteiger partial charge in [-0.05, 0) is 37.1 Å². The van der Waals surface area contributed by atoms with E-state index in [9.17, 15) is 4.79 Å². The van der Waals surface area contributed by atoms with E-state index in [1.165, 1.54) is 0 Å². The summed E-state index contributed by atoms with van der Waals surface area (Å²) in [5, 5.41) is 2.75. The maximum atomic E-state index is 11.9. The fourth-order valence-corrected chi connectivity index (χ4v) is 2.40. The molecule has 0 fully saturated rings. The zero-order valence-corrected chi connectivity index (χ0v) is 14.4. The number of pyridine rings is 1. The van der Waals surface area contributed by atoms with E-state index < -0.39 is 0 Å². The zero-order chi connectivity index (χ0) is 17.2. The van der Waals surface area contributed by atoms with Crippen molar-refractivity contribution in [3.05, 3.63) is 48.7 Å². The molecule has 0 bridgehead atoms. The Morgan fingerprint density at radius 1 is 1.08 bits per heavy atom. The van der Waals surface area contributed by atoms with Gasteiger partial charge in [0.2, 0.25) is 0 Å². The molecule has 1 aromatic carbocycles. The number of benzene rings is 1. The third-order valence-corrected chi connectivity index (χ3v) is 3.48. The second-order valence-corrected chi connectivity index (χ2v) is 5.54. The van der Waals surface area contributed by atoms with Crippen LogP contribution in [0.1, 0.15) is 26.7 Å². The minimum Gasteiger partial charge on any atom is -0.484 e. The second kappa shape index (κ2) is 9.55. The fourth-order valence-electron chi connectivity index (χ4n) is 2.40. The van der Waals surface area contributed by atoms with Gasteiger partial charge in [-0.25, -0.2) is 4.98 Å². The predicted molar refractivity (Wildman–Crippen MR) is 97.6 cm³/mol. The summed E-state index contributed by atoms with van der Waals surface area (Å²) in [4.78, 5) is 18.6. The van der Waals surface area contributed by atoms with Gasteiger partial charge in [-0.2, -0.15) is 0 Å². The molecule has 1 amide bonds. The van der Waals surface area contributed by atoms with Crippen molar-refractivity contribution in [1.29, 1.82) is 0 Å². The van der Waals surface area contributed by atoms with Crippen molar-refractivity contribution in [2.45, 2.75) is 26.7 Å². The molecule has 0 saturated carbocycles. The highest BCUT2D eigenvalue weighted by Gasteiger charge is 2.07. The Bertz CT molecular complexity index is 608. The van der Waals surface area contributed by atoms with Gasteiger partial charge in [0.25, 0.3) is 5.91 Å². The molecule has 0 radical (unpaired) electrons. The van der Waals surface area contributed by atoms with Crippen LogP contribution in [0.15, 0.2) is 48.7 Å². The van der Waals surface area contributed by atoms with Gasteiger partial charge in [0, 0.05) is 13.1 Å². The molecule has 0 atom stereocenters. The Morgan fingerprint density at radius 3 is 2.38 bits per heavy atom. The SMILES string of the molecule is CCCN(CCC)c1ccc(NC(=O)COc2ccccc2)nc1. The topological polar surface area (TPSA) is 54.5 Å². The Kier molecular flexibility index (Phi) is 7.08. The summed E-state index contributed by atoms with van der Waals surface area (Å²) in [6.07, 6.45) is 3.99. The number of amides is 1. The number of anilines is 2. The first-order chi connectivity index (χ1) is 11.7. The molecule has 0 aliphatic rings. The van der Waals surface area contributed by atoms with Crippen LogP contribution in [0.5, 0.6) is 5.75 Å². The molecule has 24 heavy (non-hydrogen) atoms. The van der Waals surface area contributed by atoms with Crippen LogP contribution in [-0.4, -0.2) is 30.6 Å². The van der Waals surface area contributed by atoms with Gasteiger partial charge in [-0.3, -0.25) is 4.79 Å². The normalized spacial score (nSPS) is 10.2. The lowest BCUT2D eigenvalue weighted by atomic mass is 10.3. The molecule has 5 nitrogen and oxygen atoms in total. The Morgan fingerprint density at radius 2 is 1.79 bits per heavy atom. The molecule has 1 heterocycles. The van der Waals surface area contributed by atoms with Crippen molar-refractivity contribution < 1.29 is 9.53 Å². The van der Waals surface area contributed by atoms with Crippen molar-refractivity contribution in [2.75, 3.05) is 29.9 Å². The lowest BCUT2D eigenvalue weighted by molar-refractivity contribution is -0.118. The molecule has 0 aliphatic heterocycles. The van der Waals surface area contributed by atoms with E-state index in [0.29, 0.717) is 11.6 Å². The fraction of sp³-hybridized carbons (Fsp3) is 0.368. The molecule has 2 rings (SSSR count). The van der Waals surface area contributed by atoms with Crippen LogP contribution in [0.2, 0.25) is 0 Å². The van der Waals surface area contributed by atoms with Gasteiger partial charge in [0.1, 0.15) is 11.6 Å². The largest absolute Gasteiger partial charge is 0.484 e. The van der Waals surface area contributed by atoms with Crippen LogP contribution in [0, 0.1) is 0 Å². The highest BCUT2D eigenvalue weighted by atomic mass is 16.5. The van der Waals surface area contributed by atoms with Gasteiger partial charge >= 0.3 is 0 Å². The Balaban J connectivity index is 1.87. The molecule has 5 heteroatoms. The standard InChI is InChI=1S/C19H25N3O2/c1-3-12-22(13-4-2)16-10-11-18(20-14-16)21-19(23)15-24-17-8-6-5-7-9-17/h5-11,14H,3-4,12-13,15H2,1-2H3,(H,20,21,23). The predicted octanol–water partition coefficient (Wildman–Crippen LogP) is 3.73. The molecule has 2 aromatic rings. The number of nitrogens with one attached hydrogen (secondary N) is 1. The van der Waals surface area contributed by atoms with Crippen molar-refractivity contribution in [3.8, 4) is 5.75 Å². The van der Waals surface area contributed by atoms with E-state index in [1.54, 1.807) is 6.20 Å². The average molecular weight is 327 g/mol. The van der Waals surface area contributed by atoms with Crippen LogP contribution in [0.3, 0.4) is 0 Å². The van der Waals surface area contributed by atoms with Gasteiger partial charge in [0.15, 0.2) is 6.61 Å². The van der Waals surface area contributed by atoms with Crippen molar-refractivity contribution in [3.63, 3.8) is 0 Å². The number of hydrogen-bond donors (Lipinski definition) is 1. The summed E-state index contributed by atoms with van der Waals surface area (Å²) in [5.41, 5.74) is 1.08. The summed E-state index contributed by atoms with van der Waals surface area (Å²) in [6, 6.07) is 13.1. The van der Waals surface area contributed by atoms with Crippen molar-refractivity contribution in [2.24, 2.45) is 0 Å². The molecular weight excluding hydrogens is 302 g/mol. The first-order valence-electron chi connectivity index (χ1n) is 8.41. The van der Waals surface area contributed by atoms with E-state index in [4.69, 9.17) is 4.74 Å². The van der Waals surface area contributed by atoms with E-state index in [-0.39, 0.29) is 12.5 Å². The minimum absolute atomic E-state index is 0.0365. The Labute approximate surface area is 143 Å². The number of nitrogens with zero attached hydrogens (tertiary/aromatic N) is 2. The number of aromatic nitrogens is 1. The van der Waals surface area contributed by atoms with Crippen molar-refractivity contribution in [1.82, 2.24) is 4.98 Å². The van der Waals surface area contributed by atoms with Gasteiger partial charge in [-0.15, -0.1) is 0 Å². The quantitative estimate of drug-likeness (QED) is 0.762. The van der Waals surface area contributed by atoms with E-state index in [0.717, 1.165) is 31.6 Å². The molecule has 1 aromatic heterocycles. The molecular formula is C19H25N3O2. The summed E-state index contributed by atoms with van der Waals surface area (Å²) < 4.78 is 5.42. The number of para-hydroxylation sites is 1. The third-order valence-electron chi connectivity index (χ3n) is 3.48. The van der Waals surface area contributed by atoms with Gasteiger partial charge < -0.3 is 15.0 Å². The third kappa shape index (κ3) is 5.57. The first-order valence-corrected chi connectivity index (χ1v) is 8.41. The lowest BCUT2D eigenvalue weighted by Crippen LogP contribution is -2.25. The van der Waals surface area contributed by atoms with Gasteiger partial charge in [0.05, 0.1) is 11.9 Å². The highest BCUT2D eigenvalue weighted by Crippen LogP contribution is 2.16. The zero-order valence-electron chi connectivity index (χ0n) is 14.4. The molecule has 0 unspecified atom stereocenters. The van der Waals surface area contributed by atoms with Crippen LogP contribution in [0.4, 0.5) is 11.5 Å². The highest BCUT2D eigenvalue weighted by molar-refractivity contribution is 5.91. The second-order valence-electron chi connectivity index (χ2n) is 5.54. The molecule has 0 spiro atoms. The number of hydrogen-bond acceptors (Lipinski definition) is 4. The maximum Gasteiger partial charge on any atom is 0.263 e. The van der Waals surface area contributed by atoms with Crippen LogP contribution >= 0.6 is 0 Å². The van der Waals surface area contributed by atoms with E-state index in [2.05, 4.69) is 29.0 Å². The molecule has 128 valence electrons. The number of ether oxygens (including phenoxy) is 1.